The summed E-state index contributed by atoms with van der Waals surface area (Å²) in [5, 5.41) is 2.83. The van der Waals surface area contributed by atoms with Gasteiger partial charge < -0.3 is 5.32 Å². The van der Waals surface area contributed by atoms with Crippen molar-refractivity contribution in [2.24, 2.45) is 10.9 Å². The SMILES string of the molecule is CCCNC(=O)[C@H](CC(C)C)N=C1NS(=O)(=O)c2ccccc21. The van der Waals surface area contributed by atoms with Crippen LogP contribution in [0.25, 0.3) is 0 Å². The number of nitrogens with one attached hydrogen (secondary N) is 2. The molecule has 23 heavy (non-hydrogen) atoms. The van der Waals surface area contributed by atoms with Crippen LogP contribution in [0.15, 0.2) is 34.2 Å². The number of benzene rings is 1. The second kappa shape index (κ2) is 7.12. The smallest absolute Gasteiger partial charge is 0.263 e. The molecule has 0 bridgehead atoms. The first-order valence-electron chi connectivity index (χ1n) is 7.83. The number of hydrogen-bond acceptors (Lipinski definition) is 4. The highest BCUT2D eigenvalue weighted by molar-refractivity contribution is 7.90. The van der Waals surface area contributed by atoms with Gasteiger partial charge in [-0.2, -0.15) is 0 Å². The first-order chi connectivity index (χ1) is 10.8. The zero-order valence-electron chi connectivity index (χ0n) is 13.7. The van der Waals surface area contributed by atoms with Crippen LogP contribution in [0.4, 0.5) is 0 Å². The molecule has 2 N–H and O–H groups in total. The number of amides is 1. The van der Waals surface area contributed by atoms with Crippen molar-refractivity contribution in [2.45, 2.75) is 44.6 Å². The molecule has 1 atom stereocenters. The maximum atomic E-state index is 12.3. The fraction of sp³-hybridized carbons (Fsp3) is 0.500. The lowest BCUT2D eigenvalue weighted by Crippen LogP contribution is -2.36. The molecule has 6 nitrogen and oxygen atoms in total. The summed E-state index contributed by atoms with van der Waals surface area (Å²) >= 11 is 0. The Bertz CT molecular complexity index is 711. The van der Waals surface area contributed by atoms with Gasteiger partial charge in [0.1, 0.15) is 11.9 Å². The molecule has 1 aliphatic rings. The standard InChI is InChI=1S/C16H23N3O3S/c1-4-9-17-16(20)13(10-11(2)3)18-15-12-7-5-6-8-14(12)23(21,22)19-15/h5-8,11,13H,4,9-10H2,1-3H3,(H,17,20)(H,18,19)/t13-/m0/s1. The van der Waals surface area contributed by atoms with E-state index in [1.165, 1.54) is 6.07 Å². The van der Waals surface area contributed by atoms with Crippen molar-refractivity contribution in [2.75, 3.05) is 6.54 Å². The molecule has 0 aliphatic carbocycles. The summed E-state index contributed by atoms with van der Waals surface area (Å²) in [5.41, 5.74) is 0.518. The van der Waals surface area contributed by atoms with Crippen LogP contribution in [-0.2, 0) is 14.8 Å². The van der Waals surface area contributed by atoms with Gasteiger partial charge in [0.15, 0.2) is 0 Å². The predicted molar refractivity (Wildman–Crippen MR) is 89.8 cm³/mol. The van der Waals surface area contributed by atoms with Crippen molar-refractivity contribution in [3.05, 3.63) is 29.8 Å². The molecule has 1 aromatic rings. The van der Waals surface area contributed by atoms with Crippen LogP contribution in [0, 0.1) is 5.92 Å². The Balaban J connectivity index is 2.34. The quantitative estimate of drug-likeness (QED) is 0.827. The Morgan fingerprint density at radius 3 is 2.65 bits per heavy atom. The molecule has 126 valence electrons. The Hall–Kier alpha value is -1.89. The molecular weight excluding hydrogens is 314 g/mol. The van der Waals surface area contributed by atoms with Gasteiger partial charge in [-0.25, -0.2) is 8.42 Å². The largest absolute Gasteiger partial charge is 0.354 e. The van der Waals surface area contributed by atoms with Gasteiger partial charge in [-0.1, -0.05) is 32.9 Å². The first kappa shape index (κ1) is 17.5. The van der Waals surface area contributed by atoms with Crippen molar-refractivity contribution in [3.8, 4) is 0 Å². The number of carbonyl (C=O) groups excluding carboxylic acids is 1. The number of fused-ring (bicyclic) bond motifs is 1. The van der Waals surface area contributed by atoms with Gasteiger partial charge >= 0.3 is 0 Å². The van der Waals surface area contributed by atoms with Crippen LogP contribution in [0.2, 0.25) is 0 Å². The number of hydrogen-bond donors (Lipinski definition) is 2. The zero-order valence-corrected chi connectivity index (χ0v) is 14.5. The number of nitrogens with zero attached hydrogens (tertiary/aromatic N) is 1. The van der Waals surface area contributed by atoms with Crippen molar-refractivity contribution in [3.63, 3.8) is 0 Å². The van der Waals surface area contributed by atoms with Gasteiger partial charge in [0.2, 0.25) is 5.91 Å². The Morgan fingerprint density at radius 2 is 2.00 bits per heavy atom. The van der Waals surface area contributed by atoms with Crippen molar-refractivity contribution in [1.82, 2.24) is 10.0 Å². The molecular formula is C16H23N3O3S. The molecule has 2 rings (SSSR count). The number of aliphatic imine (C=N–C) groups is 1. The topological polar surface area (TPSA) is 87.6 Å². The van der Waals surface area contributed by atoms with Crippen LogP contribution >= 0.6 is 0 Å². The minimum atomic E-state index is -3.58. The summed E-state index contributed by atoms with van der Waals surface area (Å²) in [6.07, 6.45) is 1.40. The third kappa shape index (κ3) is 4.10. The lowest BCUT2D eigenvalue weighted by molar-refractivity contribution is -0.122. The average Bonchev–Trinajstić information content (AvgIpc) is 2.75. The summed E-state index contributed by atoms with van der Waals surface area (Å²) in [7, 11) is -3.58. The van der Waals surface area contributed by atoms with E-state index in [2.05, 4.69) is 15.0 Å². The molecule has 0 saturated carbocycles. The lowest BCUT2D eigenvalue weighted by atomic mass is 10.0. The molecule has 0 radical (unpaired) electrons. The Morgan fingerprint density at radius 1 is 1.30 bits per heavy atom. The maximum absolute atomic E-state index is 12.3. The van der Waals surface area contributed by atoms with E-state index < -0.39 is 16.1 Å². The monoisotopic (exact) mass is 337 g/mol. The van der Waals surface area contributed by atoms with E-state index in [9.17, 15) is 13.2 Å². The van der Waals surface area contributed by atoms with Gasteiger partial charge in [-0.05, 0) is 30.9 Å². The lowest BCUT2D eigenvalue weighted by Gasteiger charge is -2.15. The summed E-state index contributed by atoms with van der Waals surface area (Å²) in [6.45, 7) is 6.58. The van der Waals surface area contributed by atoms with Gasteiger partial charge in [0.05, 0.1) is 4.90 Å². The van der Waals surface area contributed by atoms with Crippen molar-refractivity contribution >= 4 is 21.8 Å². The second-order valence-electron chi connectivity index (χ2n) is 6.02. The molecule has 1 aromatic carbocycles. The van der Waals surface area contributed by atoms with Crippen LogP contribution in [-0.4, -0.2) is 32.7 Å². The minimum Gasteiger partial charge on any atom is -0.354 e. The molecule has 1 heterocycles. The van der Waals surface area contributed by atoms with Crippen LogP contribution in [0.3, 0.4) is 0 Å². The average molecular weight is 337 g/mol. The summed E-state index contributed by atoms with van der Waals surface area (Å²) < 4.78 is 26.7. The van der Waals surface area contributed by atoms with Crippen LogP contribution in [0.1, 0.15) is 39.2 Å². The third-order valence-corrected chi connectivity index (χ3v) is 4.89. The van der Waals surface area contributed by atoms with Crippen molar-refractivity contribution in [1.29, 1.82) is 0 Å². The fourth-order valence-corrected chi connectivity index (χ4v) is 3.66. The number of sulfonamides is 1. The molecule has 0 unspecified atom stereocenters. The highest BCUT2D eigenvalue weighted by Gasteiger charge is 2.31. The van der Waals surface area contributed by atoms with Crippen LogP contribution in [0.5, 0.6) is 0 Å². The van der Waals surface area contributed by atoms with E-state index in [4.69, 9.17) is 0 Å². The predicted octanol–water partition coefficient (Wildman–Crippen LogP) is 1.67. The number of amidine groups is 1. The van der Waals surface area contributed by atoms with Crippen molar-refractivity contribution < 1.29 is 13.2 Å². The highest BCUT2D eigenvalue weighted by Crippen LogP contribution is 2.23. The molecule has 0 aromatic heterocycles. The Labute approximate surface area is 137 Å². The zero-order chi connectivity index (χ0) is 17.0. The molecule has 0 fully saturated rings. The van der Waals surface area contributed by atoms with E-state index >= 15 is 0 Å². The maximum Gasteiger partial charge on any atom is 0.263 e. The van der Waals surface area contributed by atoms with Gasteiger partial charge in [0.25, 0.3) is 10.0 Å². The van der Waals surface area contributed by atoms with E-state index in [1.54, 1.807) is 18.2 Å². The highest BCUT2D eigenvalue weighted by atomic mass is 32.2. The molecule has 1 aliphatic heterocycles. The van der Waals surface area contributed by atoms with Gasteiger partial charge in [-0.3, -0.25) is 14.5 Å². The van der Waals surface area contributed by atoms with Crippen LogP contribution < -0.4 is 10.0 Å². The fourth-order valence-electron chi connectivity index (χ4n) is 2.42. The molecule has 1 amide bonds. The van der Waals surface area contributed by atoms with Gasteiger partial charge in [-0.15, -0.1) is 0 Å². The number of carbonyl (C=O) groups is 1. The van der Waals surface area contributed by atoms with E-state index in [-0.39, 0.29) is 22.6 Å². The minimum absolute atomic E-state index is 0.170. The molecule has 0 saturated heterocycles. The third-order valence-electron chi connectivity index (χ3n) is 3.49. The Kier molecular flexibility index (Phi) is 5.41. The normalized spacial score (nSPS) is 18.5. The summed E-state index contributed by atoms with van der Waals surface area (Å²) in [4.78, 5) is 16.9. The van der Waals surface area contributed by atoms with E-state index in [0.29, 0.717) is 18.5 Å². The second-order valence-corrected chi connectivity index (χ2v) is 7.67. The summed E-state index contributed by atoms with van der Waals surface area (Å²) in [6, 6.07) is 6.05. The van der Waals surface area contributed by atoms with E-state index in [1.807, 2.05) is 20.8 Å². The van der Waals surface area contributed by atoms with Gasteiger partial charge in [0, 0.05) is 12.1 Å². The van der Waals surface area contributed by atoms with E-state index in [0.717, 1.165) is 6.42 Å². The number of rotatable bonds is 6. The molecule has 7 heteroatoms. The first-order valence-corrected chi connectivity index (χ1v) is 9.31. The molecule has 0 spiro atoms. The summed E-state index contributed by atoms with van der Waals surface area (Å²) in [5.74, 6) is 0.347.